The molecule has 0 unspecified atom stereocenters. The van der Waals surface area contributed by atoms with Gasteiger partial charge in [0.2, 0.25) is 5.91 Å². The molecule has 0 atom stereocenters. The first-order valence-electron chi connectivity index (χ1n) is 7.31. The number of nitrogens with one attached hydrogen (secondary N) is 1. The SMILES string of the molecule is C#CCCC1(CCNC(=O)Cn2ncn3cccc3c2=O)N=N1. The van der Waals surface area contributed by atoms with Crippen molar-refractivity contribution in [3.8, 4) is 12.3 Å². The van der Waals surface area contributed by atoms with Crippen LogP contribution < -0.4 is 10.9 Å². The Hall–Kier alpha value is -2.95. The zero-order chi connectivity index (χ0) is 16.3. The highest BCUT2D eigenvalue weighted by Gasteiger charge is 2.38. The van der Waals surface area contributed by atoms with Gasteiger partial charge in [-0.2, -0.15) is 15.3 Å². The maximum absolute atomic E-state index is 12.1. The van der Waals surface area contributed by atoms with Crippen LogP contribution in [0.4, 0.5) is 0 Å². The van der Waals surface area contributed by atoms with E-state index >= 15 is 0 Å². The van der Waals surface area contributed by atoms with Gasteiger partial charge in [0, 0.05) is 32.0 Å². The van der Waals surface area contributed by atoms with Crippen LogP contribution in [0.25, 0.3) is 5.52 Å². The molecule has 0 fully saturated rings. The topological polar surface area (TPSA) is 93.1 Å². The van der Waals surface area contributed by atoms with E-state index < -0.39 is 5.66 Å². The van der Waals surface area contributed by atoms with Crippen molar-refractivity contribution < 1.29 is 4.79 Å². The number of fused-ring (bicyclic) bond motifs is 1. The molecule has 1 amide bonds. The van der Waals surface area contributed by atoms with Gasteiger partial charge in [-0.05, 0) is 12.1 Å². The number of hydrogen-bond donors (Lipinski definition) is 1. The second-order valence-electron chi connectivity index (χ2n) is 5.38. The Morgan fingerprint density at radius 1 is 1.39 bits per heavy atom. The molecule has 0 aliphatic carbocycles. The molecule has 1 aliphatic rings. The fraction of sp³-hybridized carbons (Fsp3) is 0.400. The van der Waals surface area contributed by atoms with Crippen LogP contribution in [0, 0.1) is 12.3 Å². The zero-order valence-electron chi connectivity index (χ0n) is 12.5. The Labute approximate surface area is 132 Å². The summed E-state index contributed by atoms with van der Waals surface area (Å²) in [6.45, 7) is 0.310. The van der Waals surface area contributed by atoms with E-state index in [0.29, 0.717) is 31.3 Å². The molecule has 118 valence electrons. The second-order valence-corrected chi connectivity index (χ2v) is 5.38. The lowest BCUT2D eigenvalue weighted by Gasteiger charge is -2.10. The average Bonchev–Trinajstić information content (AvgIpc) is 3.13. The number of aromatic nitrogens is 3. The third-order valence-corrected chi connectivity index (χ3v) is 3.74. The third kappa shape index (κ3) is 3.29. The summed E-state index contributed by atoms with van der Waals surface area (Å²) in [5.41, 5.74) is -0.235. The number of carbonyl (C=O) groups excluding carboxylic acids is 1. The van der Waals surface area contributed by atoms with Crippen molar-refractivity contribution in [1.82, 2.24) is 19.5 Å². The molecule has 0 bridgehead atoms. The Balaban J connectivity index is 1.52. The first-order chi connectivity index (χ1) is 11.1. The summed E-state index contributed by atoms with van der Waals surface area (Å²) in [7, 11) is 0. The number of amides is 1. The van der Waals surface area contributed by atoms with E-state index in [4.69, 9.17) is 6.42 Å². The highest BCUT2D eigenvalue weighted by atomic mass is 16.2. The van der Waals surface area contributed by atoms with Gasteiger partial charge in [0.15, 0.2) is 5.66 Å². The molecule has 2 aromatic heterocycles. The maximum Gasteiger partial charge on any atom is 0.291 e. The highest BCUT2D eigenvalue weighted by molar-refractivity contribution is 5.75. The monoisotopic (exact) mass is 312 g/mol. The first-order valence-corrected chi connectivity index (χ1v) is 7.31. The third-order valence-electron chi connectivity index (χ3n) is 3.74. The Morgan fingerprint density at radius 2 is 2.22 bits per heavy atom. The van der Waals surface area contributed by atoms with Gasteiger partial charge in [0.1, 0.15) is 18.4 Å². The molecular weight excluding hydrogens is 296 g/mol. The predicted molar refractivity (Wildman–Crippen MR) is 82.7 cm³/mol. The van der Waals surface area contributed by atoms with Crippen molar-refractivity contribution in [3.63, 3.8) is 0 Å². The van der Waals surface area contributed by atoms with Gasteiger partial charge in [-0.15, -0.1) is 12.3 Å². The van der Waals surface area contributed by atoms with Crippen molar-refractivity contribution >= 4 is 11.4 Å². The molecule has 8 nitrogen and oxygen atoms in total. The minimum Gasteiger partial charge on any atom is -0.354 e. The number of terminal acetylenes is 1. The van der Waals surface area contributed by atoms with E-state index in [-0.39, 0.29) is 18.0 Å². The van der Waals surface area contributed by atoms with Crippen LogP contribution in [0.3, 0.4) is 0 Å². The van der Waals surface area contributed by atoms with E-state index in [2.05, 4.69) is 26.6 Å². The van der Waals surface area contributed by atoms with Crippen molar-refractivity contribution in [2.75, 3.05) is 6.54 Å². The molecule has 0 aromatic carbocycles. The van der Waals surface area contributed by atoms with Crippen LogP contribution in [0.15, 0.2) is 39.7 Å². The van der Waals surface area contributed by atoms with Crippen molar-refractivity contribution in [2.45, 2.75) is 31.5 Å². The molecule has 3 heterocycles. The number of carbonyl (C=O) groups is 1. The van der Waals surface area contributed by atoms with Gasteiger partial charge in [-0.1, -0.05) is 0 Å². The van der Waals surface area contributed by atoms with Gasteiger partial charge in [-0.25, -0.2) is 4.68 Å². The fourth-order valence-corrected chi connectivity index (χ4v) is 2.35. The van der Waals surface area contributed by atoms with E-state index in [1.165, 1.54) is 6.33 Å². The molecule has 1 N–H and O–H groups in total. The Kier molecular flexibility index (Phi) is 3.93. The lowest BCUT2D eigenvalue weighted by Crippen LogP contribution is -2.35. The summed E-state index contributed by atoms with van der Waals surface area (Å²) in [5.74, 6) is 2.28. The number of nitrogens with zero attached hydrogens (tertiary/aromatic N) is 5. The lowest BCUT2D eigenvalue weighted by molar-refractivity contribution is -0.121. The van der Waals surface area contributed by atoms with E-state index in [1.54, 1.807) is 22.7 Å². The molecule has 8 heteroatoms. The van der Waals surface area contributed by atoms with E-state index in [1.807, 2.05) is 0 Å². The van der Waals surface area contributed by atoms with Crippen molar-refractivity contribution in [2.24, 2.45) is 10.2 Å². The second kappa shape index (κ2) is 6.04. The van der Waals surface area contributed by atoms with Crippen molar-refractivity contribution in [3.05, 3.63) is 35.0 Å². The summed E-state index contributed by atoms with van der Waals surface area (Å²) in [5, 5.41) is 14.7. The van der Waals surface area contributed by atoms with Gasteiger partial charge >= 0.3 is 0 Å². The summed E-state index contributed by atoms with van der Waals surface area (Å²) in [6.07, 6.45) is 10.4. The summed E-state index contributed by atoms with van der Waals surface area (Å²) >= 11 is 0. The molecule has 0 saturated heterocycles. The quantitative estimate of drug-likeness (QED) is 0.758. The normalized spacial score (nSPS) is 14.6. The van der Waals surface area contributed by atoms with Gasteiger partial charge < -0.3 is 9.72 Å². The van der Waals surface area contributed by atoms with E-state index in [9.17, 15) is 9.59 Å². The van der Waals surface area contributed by atoms with Gasteiger partial charge in [0.25, 0.3) is 5.56 Å². The molecule has 3 rings (SSSR count). The predicted octanol–water partition coefficient (Wildman–Crippen LogP) is 0.578. The molecule has 0 spiro atoms. The molecule has 2 aromatic rings. The molecule has 0 saturated carbocycles. The van der Waals surface area contributed by atoms with Crippen LogP contribution in [0.1, 0.15) is 19.3 Å². The summed E-state index contributed by atoms with van der Waals surface area (Å²) < 4.78 is 2.76. The highest BCUT2D eigenvalue weighted by Crippen LogP contribution is 2.35. The van der Waals surface area contributed by atoms with E-state index in [0.717, 1.165) is 4.68 Å². The van der Waals surface area contributed by atoms with Crippen LogP contribution in [-0.4, -0.2) is 32.3 Å². The standard InChI is InChI=1S/C15H16N6O2/c1-2-3-6-15(18-19-15)7-8-16-13(22)10-21-14(23)12-5-4-9-20(12)11-17-21/h1,4-5,9,11H,3,6-8,10H2,(H,16,22). The van der Waals surface area contributed by atoms with Crippen LogP contribution in [-0.2, 0) is 11.3 Å². The minimum absolute atomic E-state index is 0.119. The molecule has 0 radical (unpaired) electrons. The van der Waals surface area contributed by atoms with Crippen molar-refractivity contribution in [1.29, 1.82) is 0 Å². The Morgan fingerprint density at radius 3 is 2.96 bits per heavy atom. The lowest BCUT2D eigenvalue weighted by atomic mass is 10.0. The minimum atomic E-state index is -0.417. The van der Waals surface area contributed by atoms with Gasteiger partial charge in [-0.3, -0.25) is 9.59 Å². The van der Waals surface area contributed by atoms with Gasteiger partial charge in [0.05, 0.1) is 0 Å². The number of rotatable bonds is 7. The average molecular weight is 312 g/mol. The number of hydrogen-bond acceptors (Lipinski definition) is 5. The smallest absolute Gasteiger partial charge is 0.291 e. The molecular formula is C15H16N6O2. The van der Waals surface area contributed by atoms with Crippen LogP contribution in [0.5, 0.6) is 0 Å². The largest absolute Gasteiger partial charge is 0.354 e. The van der Waals surface area contributed by atoms with Crippen LogP contribution in [0.2, 0.25) is 0 Å². The maximum atomic E-state index is 12.1. The molecule has 1 aliphatic heterocycles. The summed E-state index contributed by atoms with van der Waals surface area (Å²) in [4.78, 5) is 24.1. The first kappa shape index (κ1) is 15.0. The summed E-state index contributed by atoms with van der Waals surface area (Å²) in [6, 6.07) is 3.44. The zero-order valence-corrected chi connectivity index (χ0v) is 12.5. The van der Waals surface area contributed by atoms with Crippen LogP contribution >= 0.6 is 0 Å². The Bertz CT molecular complexity index is 851. The fourth-order valence-electron chi connectivity index (χ4n) is 2.35. The molecule has 23 heavy (non-hydrogen) atoms.